The van der Waals surface area contributed by atoms with Crippen molar-refractivity contribution in [1.82, 2.24) is 10.6 Å². The number of methoxy groups -OCH3 is 1. The number of ether oxygens (including phenoxy) is 2. The molecule has 1 atom stereocenters. The summed E-state index contributed by atoms with van der Waals surface area (Å²) >= 11 is 0. The number of hydrogen-bond acceptors (Lipinski definition) is 4. The van der Waals surface area contributed by atoms with Gasteiger partial charge in [0.1, 0.15) is 11.5 Å². The quantitative estimate of drug-likeness (QED) is 0.749. The molecule has 2 amide bonds. The van der Waals surface area contributed by atoms with E-state index < -0.39 is 0 Å². The lowest BCUT2D eigenvalue weighted by atomic mass is 10.0. The zero-order valence-electron chi connectivity index (χ0n) is 16.2. The van der Waals surface area contributed by atoms with Crippen molar-refractivity contribution < 1.29 is 19.1 Å². The molecule has 2 N–H and O–H groups in total. The Morgan fingerprint density at radius 1 is 1.11 bits per heavy atom. The minimum atomic E-state index is -0.311. The molecule has 0 saturated carbocycles. The molecule has 27 heavy (non-hydrogen) atoms. The Labute approximate surface area is 159 Å². The largest absolute Gasteiger partial charge is 0.496 e. The molecule has 0 saturated heterocycles. The summed E-state index contributed by atoms with van der Waals surface area (Å²) in [6, 6.07) is 12.3. The Kier molecular flexibility index (Phi) is 7.23. The van der Waals surface area contributed by atoms with E-state index in [9.17, 15) is 9.59 Å². The van der Waals surface area contributed by atoms with Gasteiger partial charge in [0, 0.05) is 11.1 Å². The van der Waals surface area contributed by atoms with Gasteiger partial charge in [-0.2, -0.15) is 0 Å². The summed E-state index contributed by atoms with van der Waals surface area (Å²) in [5.41, 5.74) is 2.44. The predicted molar refractivity (Wildman–Crippen MR) is 104 cm³/mol. The van der Waals surface area contributed by atoms with Crippen molar-refractivity contribution in [2.45, 2.75) is 26.8 Å². The molecule has 0 aliphatic carbocycles. The second kappa shape index (κ2) is 9.62. The summed E-state index contributed by atoms with van der Waals surface area (Å²) in [6.07, 6.45) is 0. The van der Waals surface area contributed by atoms with Crippen molar-refractivity contribution in [2.75, 3.05) is 20.3 Å². The molecule has 0 heterocycles. The third-order valence-electron chi connectivity index (χ3n) is 4.07. The number of carbonyl (C=O) groups is 2. The van der Waals surface area contributed by atoms with E-state index in [0.717, 1.165) is 11.1 Å². The van der Waals surface area contributed by atoms with Gasteiger partial charge in [0.2, 0.25) is 5.91 Å². The maximum Gasteiger partial charge on any atom is 0.251 e. The number of rotatable bonds is 8. The van der Waals surface area contributed by atoms with E-state index in [-0.39, 0.29) is 24.4 Å². The number of benzene rings is 2. The molecule has 0 fully saturated rings. The van der Waals surface area contributed by atoms with E-state index in [2.05, 4.69) is 10.6 Å². The molecule has 6 heteroatoms. The first-order chi connectivity index (χ1) is 12.9. The second-order valence-electron chi connectivity index (χ2n) is 6.17. The molecule has 0 unspecified atom stereocenters. The van der Waals surface area contributed by atoms with Crippen LogP contribution in [0.5, 0.6) is 11.5 Å². The molecule has 2 aromatic carbocycles. The minimum absolute atomic E-state index is 0.107. The highest BCUT2D eigenvalue weighted by Crippen LogP contribution is 2.25. The summed E-state index contributed by atoms with van der Waals surface area (Å²) in [4.78, 5) is 24.4. The lowest BCUT2D eigenvalue weighted by Crippen LogP contribution is -2.38. The fourth-order valence-corrected chi connectivity index (χ4v) is 2.69. The van der Waals surface area contributed by atoms with Crippen molar-refractivity contribution in [3.63, 3.8) is 0 Å². The molecule has 0 radical (unpaired) electrons. The van der Waals surface area contributed by atoms with Gasteiger partial charge in [-0.05, 0) is 51.1 Å². The summed E-state index contributed by atoms with van der Waals surface area (Å²) in [6.45, 7) is 6.21. The highest BCUT2D eigenvalue weighted by molar-refractivity contribution is 5.96. The number of amides is 2. The third kappa shape index (κ3) is 5.74. The Bertz CT molecular complexity index is 787. The molecule has 2 rings (SSSR count). The van der Waals surface area contributed by atoms with Crippen LogP contribution < -0.4 is 20.1 Å². The van der Waals surface area contributed by atoms with E-state index in [1.807, 2.05) is 39.0 Å². The van der Waals surface area contributed by atoms with E-state index in [4.69, 9.17) is 9.47 Å². The fourth-order valence-electron chi connectivity index (χ4n) is 2.69. The highest BCUT2D eigenvalue weighted by atomic mass is 16.5. The average Bonchev–Trinajstić information content (AvgIpc) is 2.67. The first kappa shape index (κ1) is 20.3. The topological polar surface area (TPSA) is 76.7 Å². The van der Waals surface area contributed by atoms with Crippen molar-refractivity contribution in [3.8, 4) is 11.5 Å². The highest BCUT2D eigenvalue weighted by Gasteiger charge is 2.15. The molecular weight excluding hydrogens is 344 g/mol. The van der Waals surface area contributed by atoms with E-state index >= 15 is 0 Å². The number of hydrogen-bond donors (Lipinski definition) is 2. The van der Waals surface area contributed by atoms with E-state index in [1.165, 1.54) is 0 Å². The summed E-state index contributed by atoms with van der Waals surface area (Å²) in [5.74, 6) is 0.832. The Hall–Kier alpha value is -3.02. The number of nitrogens with one attached hydrogen (secondary N) is 2. The fraction of sp³-hybridized carbons (Fsp3) is 0.333. The number of carbonyl (C=O) groups excluding carboxylic acids is 2. The van der Waals surface area contributed by atoms with Crippen molar-refractivity contribution in [2.24, 2.45) is 0 Å². The zero-order chi connectivity index (χ0) is 19.8. The zero-order valence-corrected chi connectivity index (χ0v) is 16.2. The standard InChI is InChI=1S/C21H26N2O4/c1-5-27-17-9-7-16(8-10-17)21(25)22-13-20(24)23-15(3)18-12-14(2)6-11-19(18)26-4/h6-12,15H,5,13H2,1-4H3,(H,22,25)(H,23,24)/t15-/m0/s1. The lowest BCUT2D eigenvalue weighted by Gasteiger charge is -2.18. The van der Waals surface area contributed by atoms with Gasteiger partial charge in [0.25, 0.3) is 5.91 Å². The molecule has 0 aliphatic heterocycles. The van der Waals surface area contributed by atoms with Crippen LogP contribution in [0.4, 0.5) is 0 Å². The van der Waals surface area contributed by atoms with Gasteiger partial charge < -0.3 is 20.1 Å². The van der Waals surface area contributed by atoms with Gasteiger partial charge in [-0.15, -0.1) is 0 Å². The summed E-state index contributed by atoms with van der Waals surface area (Å²) in [5, 5.41) is 5.50. The smallest absolute Gasteiger partial charge is 0.251 e. The molecule has 2 aromatic rings. The van der Waals surface area contributed by atoms with Gasteiger partial charge in [-0.1, -0.05) is 17.7 Å². The summed E-state index contributed by atoms with van der Waals surface area (Å²) < 4.78 is 10.7. The molecule has 0 bridgehead atoms. The van der Waals surface area contributed by atoms with Crippen LogP contribution >= 0.6 is 0 Å². The van der Waals surface area contributed by atoms with Crippen molar-refractivity contribution >= 4 is 11.8 Å². The lowest BCUT2D eigenvalue weighted by molar-refractivity contribution is -0.120. The number of aryl methyl sites for hydroxylation is 1. The Morgan fingerprint density at radius 3 is 2.44 bits per heavy atom. The molecule has 0 spiro atoms. The van der Waals surface area contributed by atoms with Crippen molar-refractivity contribution in [1.29, 1.82) is 0 Å². The van der Waals surface area contributed by atoms with Crippen molar-refractivity contribution in [3.05, 3.63) is 59.2 Å². The molecular formula is C21H26N2O4. The molecule has 0 aliphatic rings. The Morgan fingerprint density at radius 2 is 1.81 bits per heavy atom. The van der Waals surface area contributed by atoms with Crippen LogP contribution in [0.15, 0.2) is 42.5 Å². The van der Waals surface area contributed by atoms with Crippen LogP contribution in [0, 0.1) is 6.92 Å². The minimum Gasteiger partial charge on any atom is -0.496 e. The van der Waals surface area contributed by atoms with E-state index in [0.29, 0.717) is 23.7 Å². The van der Waals surface area contributed by atoms with Crippen LogP contribution in [0.25, 0.3) is 0 Å². The maximum absolute atomic E-state index is 12.2. The first-order valence-electron chi connectivity index (χ1n) is 8.89. The first-order valence-corrected chi connectivity index (χ1v) is 8.89. The second-order valence-corrected chi connectivity index (χ2v) is 6.17. The third-order valence-corrected chi connectivity index (χ3v) is 4.07. The van der Waals surface area contributed by atoms with Crippen LogP contribution in [0.1, 0.15) is 41.4 Å². The predicted octanol–water partition coefficient (Wildman–Crippen LogP) is 3.01. The molecule has 144 valence electrons. The van der Waals surface area contributed by atoms with Crippen LogP contribution in [-0.2, 0) is 4.79 Å². The molecule has 0 aromatic heterocycles. The van der Waals surface area contributed by atoms with Crippen LogP contribution in [-0.4, -0.2) is 32.1 Å². The van der Waals surface area contributed by atoms with E-state index in [1.54, 1.807) is 31.4 Å². The monoisotopic (exact) mass is 370 g/mol. The Balaban J connectivity index is 1.90. The average molecular weight is 370 g/mol. The summed E-state index contributed by atoms with van der Waals surface area (Å²) in [7, 11) is 1.60. The van der Waals surface area contributed by atoms with Gasteiger partial charge in [-0.25, -0.2) is 0 Å². The van der Waals surface area contributed by atoms with Crippen LogP contribution in [0.2, 0.25) is 0 Å². The normalized spacial score (nSPS) is 11.4. The SMILES string of the molecule is CCOc1ccc(C(=O)NCC(=O)N[C@@H](C)c2cc(C)ccc2OC)cc1. The van der Waals surface area contributed by atoms with Gasteiger partial charge in [0.15, 0.2) is 0 Å². The van der Waals surface area contributed by atoms with Gasteiger partial charge in [0.05, 0.1) is 26.3 Å². The van der Waals surface area contributed by atoms with Gasteiger partial charge in [-0.3, -0.25) is 9.59 Å². The molecule has 6 nitrogen and oxygen atoms in total. The van der Waals surface area contributed by atoms with Gasteiger partial charge >= 0.3 is 0 Å². The van der Waals surface area contributed by atoms with Crippen LogP contribution in [0.3, 0.4) is 0 Å². The maximum atomic E-state index is 12.2.